The molecule has 1 aromatic carbocycles. The average molecular weight is 173 g/mol. The van der Waals surface area contributed by atoms with Crippen LogP contribution in [0, 0.1) is 12.8 Å². The molecule has 13 heavy (non-hydrogen) atoms. The first kappa shape index (κ1) is 10.0. The second-order valence-corrected chi connectivity index (χ2v) is 3.45. The molecular weight excluding hydrogens is 156 g/mol. The molecule has 0 heteroatoms. The van der Waals surface area contributed by atoms with E-state index in [4.69, 9.17) is 0 Å². The number of hydrogen-bond acceptors (Lipinski definition) is 0. The lowest BCUT2D eigenvalue weighted by Gasteiger charge is -2.09. The van der Waals surface area contributed by atoms with Crippen LogP contribution in [0.2, 0.25) is 0 Å². The zero-order valence-corrected chi connectivity index (χ0v) is 8.72. The summed E-state index contributed by atoms with van der Waals surface area (Å²) in [6, 6.07) is 6.68. The number of benzene rings is 1. The van der Waals surface area contributed by atoms with E-state index in [2.05, 4.69) is 45.5 Å². The molecule has 0 nitrogen and oxygen atoms in total. The SMILES string of the molecule is C=C[C](C)c1cc(C)cc(CC)c1. The molecule has 0 amide bonds. The molecule has 1 rings (SSSR count). The molecule has 1 aromatic rings. The minimum atomic E-state index is 1.10. The van der Waals surface area contributed by atoms with E-state index in [0.29, 0.717) is 0 Å². The number of rotatable bonds is 3. The van der Waals surface area contributed by atoms with Crippen molar-refractivity contribution in [1.29, 1.82) is 0 Å². The predicted octanol–water partition coefficient (Wildman–Crippen LogP) is 3.69. The Bertz CT molecular complexity index is 297. The van der Waals surface area contributed by atoms with Crippen LogP contribution >= 0.6 is 0 Å². The maximum atomic E-state index is 3.79. The second-order valence-electron chi connectivity index (χ2n) is 3.45. The third-order valence-electron chi connectivity index (χ3n) is 2.31. The van der Waals surface area contributed by atoms with Crippen LogP contribution in [0.15, 0.2) is 30.9 Å². The van der Waals surface area contributed by atoms with Crippen molar-refractivity contribution in [3.8, 4) is 0 Å². The molecular formula is C13H17. The maximum absolute atomic E-state index is 3.79. The number of hydrogen-bond donors (Lipinski definition) is 0. The molecule has 0 bridgehead atoms. The van der Waals surface area contributed by atoms with Gasteiger partial charge >= 0.3 is 0 Å². The molecule has 0 saturated heterocycles. The Morgan fingerprint density at radius 3 is 2.62 bits per heavy atom. The van der Waals surface area contributed by atoms with Crippen LogP contribution in [0.1, 0.15) is 30.5 Å². The van der Waals surface area contributed by atoms with Gasteiger partial charge in [0.15, 0.2) is 0 Å². The van der Waals surface area contributed by atoms with Crippen molar-refractivity contribution in [2.24, 2.45) is 0 Å². The minimum absolute atomic E-state index is 1.10. The Morgan fingerprint density at radius 1 is 1.38 bits per heavy atom. The highest BCUT2D eigenvalue weighted by atomic mass is 14.1. The van der Waals surface area contributed by atoms with E-state index in [-0.39, 0.29) is 0 Å². The molecule has 0 unspecified atom stereocenters. The third-order valence-corrected chi connectivity index (χ3v) is 2.31. The Labute approximate surface area is 81.3 Å². The maximum Gasteiger partial charge on any atom is 0.0230 e. The van der Waals surface area contributed by atoms with Gasteiger partial charge in [0.2, 0.25) is 0 Å². The summed E-state index contributed by atoms with van der Waals surface area (Å²) in [5.74, 6) is 1.25. The summed E-state index contributed by atoms with van der Waals surface area (Å²) >= 11 is 0. The van der Waals surface area contributed by atoms with Gasteiger partial charge in [0, 0.05) is 5.92 Å². The largest absolute Gasteiger partial charge is 0.102 e. The summed E-state index contributed by atoms with van der Waals surface area (Å²) in [6.45, 7) is 10.2. The van der Waals surface area contributed by atoms with E-state index in [9.17, 15) is 0 Å². The van der Waals surface area contributed by atoms with E-state index in [1.54, 1.807) is 0 Å². The molecule has 0 heterocycles. The van der Waals surface area contributed by atoms with Crippen LogP contribution in [-0.2, 0) is 6.42 Å². The predicted molar refractivity (Wildman–Crippen MR) is 58.8 cm³/mol. The smallest absolute Gasteiger partial charge is 0.0230 e. The molecule has 69 valence electrons. The van der Waals surface area contributed by atoms with E-state index >= 15 is 0 Å². The summed E-state index contributed by atoms with van der Waals surface area (Å²) in [7, 11) is 0. The van der Waals surface area contributed by atoms with Gasteiger partial charge in [-0.1, -0.05) is 43.7 Å². The van der Waals surface area contributed by atoms with E-state index < -0.39 is 0 Å². The first-order valence-electron chi connectivity index (χ1n) is 4.74. The molecule has 0 fully saturated rings. The highest BCUT2D eigenvalue weighted by Crippen LogP contribution is 2.18. The Hall–Kier alpha value is -1.04. The number of allylic oxidation sites excluding steroid dienone is 1. The van der Waals surface area contributed by atoms with Gasteiger partial charge in [-0.2, -0.15) is 0 Å². The van der Waals surface area contributed by atoms with Gasteiger partial charge in [-0.15, -0.1) is 6.58 Å². The van der Waals surface area contributed by atoms with E-state index in [0.717, 1.165) is 6.42 Å². The summed E-state index contributed by atoms with van der Waals surface area (Å²) in [4.78, 5) is 0. The standard InChI is InChI=1S/C13H17/c1-5-11(4)13-8-10(3)7-12(6-2)9-13/h5,7-9H,1,6H2,2-4H3. The van der Waals surface area contributed by atoms with Crippen LogP contribution in [-0.4, -0.2) is 0 Å². The minimum Gasteiger partial charge on any atom is -0.102 e. The molecule has 0 saturated carbocycles. The fraction of sp³-hybridized carbons (Fsp3) is 0.308. The molecule has 0 aliphatic heterocycles. The fourth-order valence-corrected chi connectivity index (χ4v) is 1.41. The fourth-order valence-electron chi connectivity index (χ4n) is 1.41. The second kappa shape index (κ2) is 4.27. The lowest BCUT2D eigenvalue weighted by Crippen LogP contribution is -1.93. The van der Waals surface area contributed by atoms with Gasteiger partial charge in [0.1, 0.15) is 0 Å². The normalized spacial score (nSPS) is 10.5. The van der Waals surface area contributed by atoms with Gasteiger partial charge in [0.25, 0.3) is 0 Å². The molecule has 0 atom stereocenters. The topological polar surface area (TPSA) is 0 Å². The summed E-state index contributed by atoms with van der Waals surface area (Å²) in [5, 5.41) is 0. The summed E-state index contributed by atoms with van der Waals surface area (Å²) in [5.41, 5.74) is 4.03. The third kappa shape index (κ3) is 2.45. The molecule has 0 aromatic heterocycles. The zero-order chi connectivity index (χ0) is 9.84. The highest BCUT2D eigenvalue weighted by molar-refractivity contribution is 5.40. The van der Waals surface area contributed by atoms with Crippen molar-refractivity contribution >= 4 is 0 Å². The monoisotopic (exact) mass is 173 g/mol. The van der Waals surface area contributed by atoms with Crippen molar-refractivity contribution < 1.29 is 0 Å². The van der Waals surface area contributed by atoms with Crippen molar-refractivity contribution in [1.82, 2.24) is 0 Å². The van der Waals surface area contributed by atoms with Crippen LogP contribution in [0.3, 0.4) is 0 Å². The Balaban J connectivity index is 3.07. The van der Waals surface area contributed by atoms with Crippen LogP contribution in [0.5, 0.6) is 0 Å². The Morgan fingerprint density at radius 2 is 2.08 bits per heavy atom. The van der Waals surface area contributed by atoms with E-state index in [1.807, 2.05) is 6.08 Å². The van der Waals surface area contributed by atoms with Gasteiger partial charge in [-0.05, 0) is 24.5 Å². The Kier molecular flexibility index (Phi) is 3.30. The highest BCUT2D eigenvalue weighted by Gasteiger charge is 2.03. The lowest BCUT2D eigenvalue weighted by molar-refractivity contribution is 1.11. The molecule has 0 aliphatic rings. The van der Waals surface area contributed by atoms with Crippen LogP contribution in [0.4, 0.5) is 0 Å². The van der Waals surface area contributed by atoms with Gasteiger partial charge in [-0.25, -0.2) is 0 Å². The molecule has 1 radical (unpaired) electrons. The quantitative estimate of drug-likeness (QED) is 0.654. The van der Waals surface area contributed by atoms with Crippen molar-refractivity contribution in [2.45, 2.75) is 27.2 Å². The molecule has 0 aliphatic carbocycles. The van der Waals surface area contributed by atoms with Crippen LogP contribution < -0.4 is 0 Å². The zero-order valence-electron chi connectivity index (χ0n) is 8.72. The van der Waals surface area contributed by atoms with E-state index in [1.165, 1.54) is 22.6 Å². The van der Waals surface area contributed by atoms with Gasteiger partial charge in [-0.3, -0.25) is 0 Å². The van der Waals surface area contributed by atoms with Crippen LogP contribution in [0.25, 0.3) is 0 Å². The summed E-state index contributed by atoms with van der Waals surface area (Å²) < 4.78 is 0. The average Bonchev–Trinajstić information content (AvgIpc) is 2.15. The lowest BCUT2D eigenvalue weighted by atomic mass is 9.96. The molecule has 0 spiro atoms. The van der Waals surface area contributed by atoms with Crippen molar-refractivity contribution in [2.75, 3.05) is 0 Å². The first-order valence-corrected chi connectivity index (χ1v) is 4.74. The summed E-state index contributed by atoms with van der Waals surface area (Å²) in [6.07, 6.45) is 3.01. The van der Waals surface area contributed by atoms with Gasteiger partial charge < -0.3 is 0 Å². The molecule has 0 N–H and O–H groups in total. The van der Waals surface area contributed by atoms with Crippen molar-refractivity contribution in [3.05, 3.63) is 53.5 Å². The van der Waals surface area contributed by atoms with Gasteiger partial charge in [0.05, 0.1) is 0 Å². The number of aryl methyl sites for hydroxylation is 2. The van der Waals surface area contributed by atoms with Crippen molar-refractivity contribution in [3.63, 3.8) is 0 Å². The first-order chi connectivity index (χ1) is 6.17.